The first kappa shape index (κ1) is 4.15. The molecule has 0 N–H and O–H groups in total. The zero-order valence-electron chi connectivity index (χ0n) is 4.05. The van der Waals surface area contributed by atoms with E-state index in [9.17, 15) is 0 Å². The molecule has 2 aromatic heterocycles. The van der Waals surface area contributed by atoms with E-state index in [1.165, 1.54) is 0 Å². The average Bonchev–Trinajstić information content (AvgIpc) is 2.15. The molecule has 2 heteroatoms. The third-order valence-electron chi connectivity index (χ3n) is 1.01. The van der Waals surface area contributed by atoms with E-state index in [2.05, 4.69) is 6.07 Å². The first-order valence-corrected chi connectivity index (χ1v) is 3.17. The summed E-state index contributed by atoms with van der Waals surface area (Å²) in [5.74, 6) is 0. The molecule has 39 valence electrons. The molecule has 2 rings (SSSR count). The standard InChI is InChI=1S/C6H3OS/c1-3-7-6-5(1)2-4-8-6/h2-4H. The average molecular weight is 123 g/mol. The summed E-state index contributed by atoms with van der Waals surface area (Å²) in [4.78, 5) is 0.963. The monoisotopic (exact) mass is 123 g/mol. The van der Waals surface area contributed by atoms with Crippen molar-refractivity contribution in [1.82, 2.24) is 0 Å². The summed E-state index contributed by atoms with van der Waals surface area (Å²) in [6, 6.07) is 4.93. The second-order valence-electron chi connectivity index (χ2n) is 1.50. The fraction of sp³-hybridized carbons (Fsp3) is 0. The Morgan fingerprint density at radius 2 is 2.62 bits per heavy atom. The van der Waals surface area contributed by atoms with Gasteiger partial charge in [0.1, 0.15) is 6.26 Å². The highest BCUT2D eigenvalue weighted by Crippen LogP contribution is 2.19. The van der Waals surface area contributed by atoms with Crippen LogP contribution in [0.1, 0.15) is 0 Å². The van der Waals surface area contributed by atoms with Crippen molar-refractivity contribution in [2.75, 3.05) is 0 Å². The van der Waals surface area contributed by atoms with Crippen molar-refractivity contribution in [2.45, 2.75) is 0 Å². The van der Waals surface area contributed by atoms with Crippen LogP contribution >= 0.6 is 11.3 Å². The number of furan rings is 1. The lowest BCUT2D eigenvalue weighted by atomic mass is 10.4. The summed E-state index contributed by atoms with van der Waals surface area (Å²) in [5.41, 5.74) is 0. The smallest absolute Gasteiger partial charge is 0.188 e. The van der Waals surface area contributed by atoms with Crippen LogP contribution in [-0.2, 0) is 0 Å². The van der Waals surface area contributed by atoms with Gasteiger partial charge in [0.2, 0.25) is 0 Å². The molecule has 0 aliphatic carbocycles. The topological polar surface area (TPSA) is 13.1 Å². The van der Waals surface area contributed by atoms with Crippen LogP contribution in [0.3, 0.4) is 0 Å². The minimum absolute atomic E-state index is 0.963. The maximum absolute atomic E-state index is 5.02. The lowest BCUT2D eigenvalue weighted by Crippen LogP contribution is -1.38. The minimum atomic E-state index is 0.963. The molecule has 0 aliphatic heterocycles. The van der Waals surface area contributed by atoms with Gasteiger partial charge < -0.3 is 4.42 Å². The lowest BCUT2D eigenvalue weighted by Gasteiger charge is -1.64. The zero-order valence-corrected chi connectivity index (χ0v) is 4.87. The molecule has 0 unspecified atom stereocenters. The number of rotatable bonds is 0. The second-order valence-corrected chi connectivity index (χ2v) is 2.38. The van der Waals surface area contributed by atoms with Gasteiger partial charge in [-0.1, -0.05) is 0 Å². The third-order valence-corrected chi connectivity index (χ3v) is 1.81. The molecule has 8 heavy (non-hydrogen) atoms. The summed E-state index contributed by atoms with van der Waals surface area (Å²) in [6.07, 6.45) is 1.58. The van der Waals surface area contributed by atoms with E-state index in [-0.39, 0.29) is 0 Å². The Kier molecular flexibility index (Phi) is 0.704. The van der Waals surface area contributed by atoms with Crippen LogP contribution in [0.5, 0.6) is 0 Å². The molecule has 0 amide bonds. The van der Waals surface area contributed by atoms with Crippen molar-refractivity contribution in [1.29, 1.82) is 0 Å². The number of hydrogen-bond donors (Lipinski definition) is 0. The Labute approximate surface area is 50.5 Å². The van der Waals surface area contributed by atoms with Gasteiger partial charge in [-0.2, -0.15) is 0 Å². The molecule has 1 radical (unpaired) electrons. The molecule has 0 bridgehead atoms. The molecular formula is C6H3OS. The predicted molar refractivity (Wildman–Crippen MR) is 32.9 cm³/mol. The fourth-order valence-corrected chi connectivity index (χ4v) is 1.33. The van der Waals surface area contributed by atoms with E-state index in [4.69, 9.17) is 4.42 Å². The van der Waals surface area contributed by atoms with Crippen molar-refractivity contribution in [3.8, 4) is 0 Å². The number of thiophene rings is 1. The van der Waals surface area contributed by atoms with Gasteiger partial charge in [-0.15, -0.1) is 11.3 Å². The van der Waals surface area contributed by atoms with Crippen LogP contribution in [0.2, 0.25) is 0 Å². The first-order chi connectivity index (χ1) is 3.97. The van der Waals surface area contributed by atoms with Gasteiger partial charge in [-0.3, -0.25) is 0 Å². The largest absolute Gasteiger partial charge is 0.453 e. The molecule has 0 aromatic carbocycles. The molecule has 0 saturated carbocycles. The SMILES string of the molecule is [c]1coc2sccc12. The van der Waals surface area contributed by atoms with Crippen LogP contribution in [0.4, 0.5) is 0 Å². The lowest BCUT2D eigenvalue weighted by molar-refractivity contribution is 0.623. The van der Waals surface area contributed by atoms with Gasteiger partial charge in [-0.05, 0) is 11.4 Å². The first-order valence-electron chi connectivity index (χ1n) is 2.29. The molecule has 0 spiro atoms. The van der Waals surface area contributed by atoms with Crippen LogP contribution in [0.15, 0.2) is 22.1 Å². The van der Waals surface area contributed by atoms with E-state index in [1.807, 2.05) is 11.4 Å². The van der Waals surface area contributed by atoms with Crippen LogP contribution in [0, 0.1) is 6.07 Å². The van der Waals surface area contributed by atoms with Crippen LogP contribution < -0.4 is 0 Å². The van der Waals surface area contributed by atoms with Gasteiger partial charge in [0, 0.05) is 11.5 Å². The fourth-order valence-electron chi connectivity index (χ4n) is 0.640. The van der Waals surface area contributed by atoms with Crippen molar-refractivity contribution in [2.24, 2.45) is 0 Å². The second kappa shape index (κ2) is 1.36. The Morgan fingerprint density at radius 1 is 1.62 bits per heavy atom. The highest BCUT2D eigenvalue weighted by atomic mass is 32.1. The molecule has 1 nitrogen and oxygen atoms in total. The molecular weight excluding hydrogens is 120 g/mol. The van der Waals surface area contributed by atoms with Crippen molar-refractivity contribution in [3.63, 3.8) is 0 Å². The molecule has 2 heterocycles. The summed E-state index contributed by atoms with van der Waals surface area (Å²) in [6.45, 7) is 0. The Balaban J connectivity index is 3.06. The van der Waals surface area contributed by atoms with Crippen molar-refractivity contribution < 1.29 is 4.42 Å². The van der Waals surface area contributed by atoms with Gasteiger partial charge in [0.05, 0.1) is 0 Å². The van der Waals surface area contributed by atoms with Gasteiger partial charge in [0.25, 0.3) is 0 Å². The molecule has 0 fully saturated rings. The molecule has 0 atom stereocenters. The van der Waals surface area contributed by atoms with Gasteiger partial charge in [0.15, 0.2) is 4.90 Å². The van der Waals surface area contributed by atoms with Gasteiger partial charge >= 0.3 is 0 Å². The summed E-state index contributed by atoms with van der Waals surface area (Å²) in [5, 5.41) is 3.07. The highest BCUT2D eigenvalue weighted by Gasteiger charge is 1.93. The van der Waals surface area contributed by atoms with Crippen molar-refractivity contribution >= 4 is 21.6 Å². The Morgan fingerprint density at radius 3 is 3.50 bits per heavy atom. The van der Waals surface area contributed by atoms with Crippen LogP contribution in [0.25, 0.3) is 10.3 Å². The number of hydrogen-bond acceptors (Lipinski definition) is 2. The predicted octanol–water partition coefficient (Wildman–Crippen LogP) is 2.29. The molecule has 2 aromatic rings. The zero-order chi connectivity index (χ0) is 5.40. The summed E-state index contributed by atoms with van der Waals surface area (Å²) < 4.78 is 5.02. The summed E-state index contributed by atoms with van der Waals surface area (Å²) in [7, 11) is 0. The van der Waals surface area contributed by atoms with E-state index in [0.717, 1.165) is 10.3 Å². The molecule has 0 saturated heterocycles. The normalized spacial score (nSPS) is 10.5. The maximum atomic E-state index is 5.02. The van der Waals surface area contributed by atoms with Gasteiger partial charge in [-0.25, -0.2) is 0 Å². The quantitative estimate of drug-likeness (QED) is 0.523. The Hall–Kier alpha value is -0.760. The molecule has 0 aliphatic rings. The van der Waals surface area contributed by atoms with E-state index < -0.39 is 0 Å². The minimum Gasteiger partial charge on any atom is -0.453 e. The van der Waals surface area contributed by atoms with Crippen molar-refractivity contribution in [3.05, 3.63) is 23.8 Å². The number of fused-ring (bicyclic) bond motifs is 1. The van der Waals surface area contributed by atoms with E-state index >= 15 is 0 Å². The highest BCUT2D eigenvalue weighted by molar-refractivity contribution is 7.16. The van der Waals surface area contributed by atoms with E-state index in [1.54, 1.807) is 17.6 Å². The maximum Gasteiger partial charge on any atom is 0.188 e. The van der Waals surface area contributed by atoms with Crippen LogP contribution in [-0.4, -0.2) is 0 Å². The summed E-state index contributed by atoms with van der Waals surface area (Å²) >= 11 is 1.60. The Bertz CT molecular complexity index is 230. The third kappa shape index (κ3) is 0.406. The van der Waals surface area contributed by atoms with E-state index in [0.29, 0.717) is 0 Å².